The van der Waals surface area contributed by atoms with E-state index in [1.54, 1.807) is 6.07 Å². The molecule has 29 heavy (non-hydrogen) atoms. The van der Waals surface area contributed by atoms with Gasteiger partial charge in [-0.1, -0.05) is 55.8 Å². The average molecular weight is 393 g/mol. The molecule has 2 aliphatic rings. The van der Waals surface area contributed by atoms with E-state index < -0.39 is 0 Å². The molecule has 4 atom stereocenters. The van der Waals surface area contributed by atoms with E-state index in [9.17, 15) is 9.90 Å². The van der Waals surface area contributed by atoms with Crippen molar-refractivity contribution in [2.24, 2.45) is 17.6 Å². The molecular formula is C25H32N2O2. The van der Waals surface area contributed by atoms with Gasteiger partial charge in [0.25, 0.3) is 0 Å². The molecule has 0 aromatic heterocycles. The number of nitrogens with zero attached hydrogens (tertiary/aromatic N) is 1. The van der Waals surface area contributed by atoms with E-state index >= 15 is 0 Å². The zero-order chi connectivity index (χ0) is 20.4. The number of piperidine rings is 1. The molecule has 4 nitrogen and oxygen atoms in total. The number of hydrogen-bond donors (Lipinski definition) is 2. The van der Waals surface area contributed by atoms with Gasteiger partial charge in [0.15, 0.2) is 0 Å². The number of rotatable bonds is 6. The Morgan fingerprint density at radius 1 is 1.21 bits per heavy atom. The molecule has 0 radical (unpaired) electrons. The molecule has 2 aromatic carbocycles. The smallest absolute Gasteiger partial charge is 0.222 e. The maximum absolute atomic E-state index is 12.2. The van der Waals surface area contributed by atoms with Crippen molar-refractivity contribution in [2.45, 2.75) is 50.5 Å². The van der Waals surface area contributed by atoms with Crippen LogP contribution in [0.2, 0.25) is 0 Å². The monoisotopic (exact) mass is 392 g/mol. The Hall–Kier alpha value is -2.33. The van der Waals surface area contributed by atoms with Crippen LogP contribution in [0.3, 0.4) is 0 Å². The first-order valence-electron chi connectivity index (χ1n) is 10.9. The van der Waals surface area contributed by atoms with Gasteiger partial charge in [-0.3, -0.25) is 9.69 Å². The number of hydrogen-bond acceptors (Lipinski definition) is 3. The largest absolute Gasteiger partial charge is 0.508 e. The Balaban J connectivity index is 1.53. The van der Waals surface area contributed by atoms with Gasteiger partial charge in [0.05, 0.1) is 5.92 Å². The van der Waals surface area contributed by atoms with Crippen molar-refractivity contribution in [1.82, 2.24) is 4.90 Å². The van der Waals surface area contributed by atoms with Gasteiger partial charge in [-0.25, -0.2) is 0 Å². The SMILES string of the molecule is CC1C2CCCC1(c1cccc(O)c1)CCN2C[C@H](Cc1ccccc1)C(N)=O. The second kappa shape index (κ2) is 8.19. The third kappa shape index (κ3) is 3.91. The van der Waals surface area contributed by atoms with Gasteiger partial charge in [-0.05, 0) is 61.4 Å². The molecule has 1 saturated carbocycles. The number of carbonyl (C=O) groups is 1. The highest BCUT2D eigenvalue weighted by Gasteiger charge is 2.49. The number of primary amides is 1. The topological polar surface area (TPSA) is 66.6 Å². The first-order valence-corrected chi connectivity index (χ1v) is 10.9. The average Bonchev–Trinajstić information content (AvgIpc) is 2.70. The Morgan fingerprint density at radius 3 is 2.72 bits per heavy atom. The minimum Gasteiger partial charge on any atom is -0.508 e. The van der Waals surface area contributed by atoms with E-state index in [-0.39, 0.29) is 17.2 Å². The number of benzene rings is 2. The zero-order valence-corrected chi connectivity index (χ0v) is 17.3. The molecule has 1 heterocycles. The van der Waals surface area contributed by atoms with Gasteiger partial charge in [-0.15, -0.1) is 0 Å². The molecule has 2 bridgehead atoms. The van der Waals surface area contributed by atoms with E-state index in [4.69, 9.17) is 5.73 Å². The Kier molecular flexibility index (Phi) is 5.64. The minimum atomic E-state index is -0.206. The molecule has 2 aromatic rings. The lowest BCUT2D eigenvalue weighted by Gasteiger charge is -2.56. The number of aromatic hydroxyl groups is 1. The highest BCUT2D eigenvalue weighted by molar-refractivity contribution is 5.77. The maximum atomic E-state index is 12.2. The Morgan fingerprint density at radius 2 is 2.00 bits per heavy atom. The number of nitrogens with two attached hydrogens (primary N) is 1. The normalized spacial score (nSPS) is 28.0. The summed E-state index contributed by atoms with van der Waals surface area (Å²) < 4.78 is 0. The van der Waals surface area contributed by atoms with Crippen LogP contribution in [0.1, 0.15) is 43.7 Å². The fourth-order valence-electron chi connectivity index (χ4n) is 5.86. The minimum absolute atomic E-state index is 0.125. The predicted octanol–water partition coefficient (Wildman–Crippen LogP) is 3.87. The molecule has 1 amide bonds. The maximum Gasteiger partial charge on any atom is 0.222 e. The van der Waals surface area contributed by atoms with E-state index in [2.05, 4.69) is 30.0 Å². The Bertz CT molecular complexity index is 853. The molecule has 0 spiro atoms. The van der Waals surface area contributed by atoms with Gasteiger partial charge in [0.1, 0.15) is 5.75 Å². The van der Waals surface area contributed by atoms with Crippen LogP contribution in [0.5, 0.6) is 5.75 Å². The van der Waals surface area contributed by atoms with Crippen molar-refractivity contribution >= 4 is 5.91 Å². The van der Waals surface area contributed by atoms with Gasteiger partial charge < -0.3 is 10.8 Å². The van der Waals surface area contributed by atoms with Crippen molar-refractivity contribution < 1.29 is 9.90 Å². The molecule has 4 rings (SSSR count). The van der Waals surface area contributed by atoms with Gasteiger partial charge in [0.2, 0.25) is 5.91 Å². The summed E-state index contributed by atoms with van der Waals surface area (Å²) in [5.74, 6) is 0.462. The summed E-state index contributed by atoms with van der Waals surface area (Å²) in [6, 6.07) is 18.5. The van der Waals surface area contributed by atoms with Crippen molar-refractivity contribution in [1.29, 1.82) is 0 Å². The highest BCUT2D eigenvalue weighted by atomic mass is 16.3. The second-order valence-electron chi connectivity index (χ2n) is 8.99. The number of phenolic OH excluding ortho intramolecular Hbond substituents is 1. The molecule has 2 fully saturated rings. The van der Waals surface area contributed by atoms with Gasteiger partial charge in [0, 0.05) is 18.0 Å². The fourth-order valence-corrected chi connectivity index (χ4v) is 5.86. The number of phenols is 1. The highest BCUT2D eigenvalue weighted by Crippen LogP contribution is 2.51. The Labute approximate surface area is 173 Å². The molecule has 1 aliphatic heterocycles. The summed E-state index contributed by atoms with van der Waals surface area (Å²) in [7, 11) is 0. The lowest BCUT2D eigenvalue weighted by Crippen LogP contribution is -2.59. The molecule has 1 saturated heterocycles. The van der Waals surface area contributed by atoms with E-state index in [1.165, 1.54) is 30.4 Å². The standard InChI is InChI=1S/C25H32N2O2/c1-18-23-11-6-12-25(18,21-9-5-10-22(28)16-21)13-14-27(23)17-20(24(26)29)15-19-7-3-2-4-8-19/h2-5,7-10,16,18,20,23,28H,6,11-15,17H2,1H3,(H2,26,29)/t18?,20-,23?,25?/m0/s1. The predicted molar refractivity (Wildman–Crippen MR) is 116 cm³/mol. The van der Waals surface area contributed by atoms with Gasteiger partial charge >= 0.3 is 0 Å². The summed E-state index contributed by atoms with van der Waals surface area (Å²) in [6.45, 7) is 4.06. The van der Waals surface area contributed by atoms with Crippen LogP contribution in [0.25, 0.3) is 0 Å². The summed E-state index contributed by atoms with van der Waals surface area (Å²) in [5.41, 5.74) is 8.36. The van der Waals surface area contributed by atoms with Crippen LogP contribution in [0.15, 0.2) is 54.6 Å². The van der Waals surface area contributed by atoms with E-state index in [0.29, 0.717) is 24.1 Å². The van der Waals surface area contributed by atoms with Crippen LogP contribution in [-0.4, -0.2) is 35.0 Å². The summed E-state index contributed by atoms with van der Waals surface area (Å²) >= 11 is 0. The van der Waals surface area contributed by atoms with Crippen LogP contribution in [0.4, 0.5) is 0 Å². The molecular weight excluding hydrogens is 360 g/mol. The van der Waals surface area contributed by atoms with Crippen LogP contribution >= 0.6 is 0 Å². The van der Waals surface area contributed by atoms with Crippen LogP contribution in [-0.2, 0) is 16.6 Å². The van der Waals surface area contributed by atoms with Gasteiger partial charge in [-0.2, -0.15) is 0 Å². The van der Waals surface area contributed by atoms with Crippen molar-refractivity contribution in [2.75, 3.05) is 13.1 Å². The number of carbonyl (C=O) groups excluding carboxylic acids is 1. The first-order chi connectivity index (χ1) is 14.0. The molecule has 154 valence electrons. The molecule has 4 heteroatoms. The lowest BCUT2D eigenvalue weighted by molar-refractivity contribution is -0.123. The summed E-state index contributed by atoms with van der Waals surface area (Å²) in [6.07, 6.45) is 5.28. The lowest BCUT2D eigenvalue weighted by atomic mass is 9.57. The van der Waals surface area contributed by atoms with E-state index in [0.717, 1.165) is 19.5 Å². The van der Waals surface area contributed by atoms with Crippen molar-refractivity contribution in [3.63, 3.8) is 0 Å². The van der Waals surface area contributed by atoms with Crippen molar-refractivity contribution in [3.8, 4) is 5.75 Å². The van der Waals surface area contributed by atoms with E-state index in [1.807, 2.05) is 30.3 Å². The molecule has 1 aliphatic carbocycles. The summed E-state index contributed by atoms with van der Waals surface area (Å²) in [4.78, 5) is 14.7. The third-order valence-electron chi connectivity index (χ3n) is 7.49. The number of likely N-dealkylation sites (tertiary alicyclic amines) is 1. The second-order valence-corrected chi connectivity index (χ2v) is 8.99. The van der Waals surface area contributed by atoms with Crippen molar-refractivity contribution in [3.05, 3.63) is 65.7 Å². The third-order valence-corrected chi connectivity index (χ3v) is 7.49. The molecule has 3 N–H and O–H groups in total. The zero-order valence-electron chi connectivity index (χ0n) is 17.3. The number of fused-ring (bicyclic) bond motifs is 2. The molecule has 3 unspecified atom stereocenters. The number of amides is 1. The van der Waals surface area contributed by atoms with Crippen LogP contribution in [0, 0.1) is 11.8 Å². The summed E-state index contributed by atoms with van der Waals surface area (Å²) in [5, 5.41) is 10.0. The fraction of sp³-hybridized carbons (Fsp3) is 0.480. The first kappa shape index (κ1) is 20.0. The quantitative estimate of drug-likeness (QED) is 0.784. The van der Waals surface area contributed by atoms with Crippen LogP contribution < -0.4 is 5.73 Å².